The van der Waals surface area contributed by atoms with E-state index in [1.165, 1.54) is 0 Å². The van der Waals surface area contributed by atoms with E-state index in [2.05, 4.69) is 0 Å². The van der Waals surface area contributed by atoms with Gasteiger partial charge < -0.3 is 85.5 Å². The predicted molar refractivity (Wildman–Crippen MR) is 53.4 cm³/mol. The molecular weight excluding hydrogens is 373 g/mol. The van der Waals surface area contributed by atoms with Gasteiger partial charge in [-0.2, -0.15) is 0 Å². The third-order valence-electron chi connectivity index (χ3n) is 0.167. The van der Waals surface area contributed by atoms with Gasteiger partial charge in [0, 0.05) is 0 Å². The number of carbonyl (C=O) groups excluding carboxylic acids is 2. The Balaban J connectivity index is -0.00000000160. The van der Waals surface area contributed by atoms with Crippen LogP contribution in [0.2, 0.25) is 0 Å². The summed E-state index contributed by atoms with van der Waals surface area (Å²) < 4.78 is 0. The molecule has 0 fully saturated rings. The molecule has 1 radical (unpaired) electrons. The molecule has 0 saturated carbocycles. The molecule has 133 valence electrons. The molecule has 19 heavy (non-hydrogen) atoms. The van der Waals surface area contributed by atoms with Gasteiger partial charge in [-0.15, -0.1) is 0 Å². The van der Waals surface area contributed by atoms with E-state index in [-0.39, 0.29) is 88.1 Å². The summed E-state index contributed by atoms with van der Waals surface area (Å²) in [6, 6.07) is 0. The number of carbonyl (C=O) groups is 2. The summed E-state index contributed by atoms with van der Waals surface area (Å²) in [6.07, 6.45) is 0. The number of hydrogen-bond donors (Lipinski definition) is 0. The SMILES string of the molecule is O.O.O.O.O.O.O.O.O.O.O.O.O=C([O-])C(=O)[O-].[Nb+2]. The Kier molecular flexibility index (Phi) is 2680. The summed E-state index contributed by atoms with van der Waals surface area (Å²) in [4.78, 5) is 17.9. The Morgan fingerprint density at radius 3 is 0.474 bits per heavy atom. The Morgan fingerprint density at radius 1 is 0.421 bits per heavy atom. The van der Waals surface area contributed by atoms with Gasteiger partial charge in [0.1, 0.15) is 0 Å². The van der Waals surface area contributed by atoms with Crippen molar-refractivity contribution in [3.8, 4) is 0 Å². The van der Waals surface area contributed by atoms with Gasteiger partial charge in [0.25, 0.3) is 0 Å². The fourth-order valence-electron chi connectivity index (χ4n) is 0. The van der Waals surface area contributed by atoms with Crippen LogP contribution in [0.1, 0.15) is 0 Å². The molecule has 0 rings (SSSR count). The second-order valence-corrected chi connectivity index (χ2v) is 0.575. The van der Waals surface area contributed by atoms with Crippen molar-refractivity contribution in [2.75, 3.05) is 0 Å². The molecule has 0 aromatic rings. The topological polar surface area (TPSA) is 458 Å². The second-order valence-electron chi connectivity index (χ2n) is 0.575. The minimum Gasteiger partial charge on any atom is -0.543 e. The standard InChI is InChI=1S/C2H2O4.Nb.12H2O/c3-1(4)2(5)6;;;;;;;;;;;;;/h(H,3,4)(H,5,6);;12*1H2/q;+2;;;;;;;;;;;;/p-2. The summed E-state index contributed by atoms with van der Waals surface area (Å²) in [7, 11) is 0. The van der Waals surface area contributed by atoms with Crippen molar-refractivity contribution in [1.29, 1.82) is 0 Å². The summed E-state index contributed by atoms with van der Waals surface area (Å²) >= 11 is 0. The van der Waals surface area contributed by atoms with E-state index < -0.39 is 11.9 Å². The Hall–Kier alpha value is -0.800. The molecule has 0 aliphatic carbocycles. The van der Waals surface area contributed by atoms with Crippen LogP contribution in [-0.4, -0.2) is 77.7 Å². The molecule has 0 amide bonds. The zero-order valence-corrected chi connectivity index (χ0v) is 11.3. The van der Waals surface area contributed by atoms with Gasteiger partial charge in [-0.1, -0.05) is 0 Å². The van der Waals surface area contributed by atoms with Crippen molar-refractivity contribution in [2.45, 2.75) is 0 Å². The quantitative estimate of drug-likeness (QED) is 0.283. The van der Waals surface area contributed by atoms with E-state index in [0.29, 0.717) is 0 Å². The van der Waals surface area contributed by atoms with Crippen LogP contribution in [0, 0.1) is 0 Å². The van der Waals surface area contributed by atoms with Crippen LogP contribution in [0.4, 0.5) is 0 Å². The average Bonchev–Trinajstić information content (AvgIpc) is 1.36. The van der Waals surface area contributed by atoms with Crippen LogP contribution < -0.4 is 10.2 Å². The van der Waals surface area contributed by atoms with Gasteiger partial charge in [-0.05, 0) is 0 Å². The largest absolute Gasteiger partial charge is 2.00 e. The third-order valence-corrected chi connectivity index (χ3v) is 0.167. The second kappa shape index (κ2) is 167. The third kappa shape index (κ3) is 388. The maximum absolute atomic E-state index is 8.93. The fourth-order valence-corrected chi connectivity index (χ4v) is 0. The minimum atomic E-state index is -2.19. The maximum atomic E-state index is 8.93. The zero-order chi connectivity index (χ0) is 5.15. The van der Waals surface area contributed by atoms with Gasteiger partial charge >= 0.3 is 22.4 Å². The van der Waals surface area contributed by atoms with Gasteiger partial charge in [0.05, 0.1) is 11.9 Å². The molecule has 0 heterocycles. The smallest absolute Gasteiger partial charge is 0.543 e. The van der Waals surface area contributed by atoms with E-state index >= 15 is 0 Å². The summed E-state index contributed by atoms with van der Waals surface area (Å²) in [5.41, 5.74) is 0. The van der Waals surface area contributed by atoms with E-state index in [1.807, 2.05) is 0 Å². The first-order chi connectivity index (χ1) is 2.64. The van der Waals surface area contributed by atoms with E-state index in [9.17, 15) is 0 Å². The van der Waals surface area contributed by atoms with Crippen LogP contribution >= 0.6 is 0 Å². The Labute approximate surface area is 120 Å². The monoisotopic (exact) mass is 397 g/mol. The van der Waals surface area contributed by atoms with Crippen LogP contribution in [-0.2, 0) is 32.0 Å². The van der Waals surface area contributed by atoms with Crippen molar-refractivity contribution < 1.29 is 108 Å². The molecule has 0 aliphatic heterocycles. The molecule has 0 aromatic carbocycles. The fraction of sp³-hybridized carbons (Fsp3) is 0. The van der Waals surface area contributed by atoms with Crippen molar-refractivity contribution in [2.24, 2.45) is 0 Å². The summed E-state index contributed by atoms with van der Waals surface area (Å²) in [6.45, 7) is 0. The molecule has 0 bridgehead atoms. The zero-order valence-electron chi connectivity index (χ0n) is 9.08. The van der Waals surface area contributed by atoms with Gasteiger partial charge in [0.15, 0.2) is 0 Å². The number of rotatable bonds is 0. The summed E-state index contributed by atoms with van der Waals surface area (Å²) in [5.74, 6) is -4.37. The van der Waals surface area contributed by atoms with Gasteiger partial charge in [-0.25, -0.2) is 0 Å². The van der Waals surface area contributed by atoms with Crippen LogP contribution in [0.25, 0.3) is 0 Å². The number of hydrogen-bond acceptors (Lipinski definition) is 4. The van der Waals surface area contributed by atoms with Gasteiger partial charge in [-0.3, -0.25) is 0 Å². The van der Waals surface area contributed by atoms with Crippen LogP contribution in [0.3, 0.4) is 0 Å². The Bertz CT molecular complexity index is 80.7. The number of carboxylic acids is 2. The predicted octanol–water partition coefficient (Wildman–Crippen LogP) is -13.4. The first kappa shape index (κ1) is 305. The molecule has 0 aromatic heterocycles. The first-order valence-electron chi connectivity index (χ1n) is 1.07. The maximum Gasteiger partial charge on any atom is 2.00 e. The molecule has 0 aliphatic rings. The number of aliphatic carboxylic acids is 2. The van der Waals surface area contributed by atoms with E-state index in [1.54, 1.807) is 0 Å². The molecular formula is C2H24NbO16. The molecule has 0 spiro atoms. The van der Waals surface area contributed by atoms with Crippen molar-refractivity contribution in [1.82, 2.24) is 0 Å². The Morgan fingerprint density at radius 2 is 0.474 bits per heavy atom. The molecule has 17 heteroatoms. The number of carboxylic acid groups (broad SMARTS) is 2. The minimum absolute atomic E-state index is 0. The van der Waals surface area contributed by atoms with Crippen LogP contribution in [0.15, 0.2) is 0 Å². The van der Waals surface area contributed by atoms with E-state index in [4.69, 9.17) is 19.8 Å². The molecule has 0 unspecified atom stereocenters. The first-order valence-corrected chi connectivity index (χ1v) is 1.07. The average molecular weight is 397 g/mol. The molecule has 16 nitrogen and oxygen atoms in total. The van der Waals surface area contributed by atoms with Crippen molar-refractivity contribution in [3.63, 3.8) is 0 Å². The molecule has 0 atom stereocenters. The molecule has 24 N–H and O–H groups in total. The van der Waals surface area contributed by atoms with Crippen molar-refractivity contribution >= 4 is 11.9 Å². The van der Waals surface area contributed by atoms with Crippen LogP contribution in [0.5, 0.6) is 0 Å². The van der Waals surface area contributed by atoms with E-state index in [0.717, 1.165) is 0 Å². The molecule has 0 saturated heterocycles. The normalized spacial score (nSPS) is 2.32. The van der Waals surface area contributed by atoms with Gasteiger partial charge in [0.2, 0.25) is 0 Å². The summed E-state index contributed by atoms with van der Waals surface area (Å²) in [5, 5.41) is 17.9. The van der Waals surface area contributed by atoms with Crippen molar-refractivity contribution in [3.05, 3.63) is 0 Å².